The Labute approximate surface area is 136 Å². The average Bonchev–Trinajstić information content (AvgIpc) is 2.73. The Morgan fingerprint density at radius 2 is 2.18 bits per heavy atom. The quantitative estimate of drug-likeness (QED) is 0.796. The van der Waals surface area contributed by atoms with Gasteiger partial charge in [0.15, 0.2) is 0 Å². The van der Waals surface area contributed by atoms with Gasteiger partial charge in [-0.15, -0.1) is 0 Å². The van der Waals surface area contributed by atoms with Gasteiger partial charge in [-0.3, -0.25) is 9.69 Å². The summed E-state index contributed by atoms with van der Waals surface area (Å²) >= 11 is 5.95. The molecule has 5 nitrogen and oxygen atoms in total. The molecule has 0 aliphatic carbocycles. The lowest BCUT2D eigenvalue weighted by Crippen LogP contribution is -2.35. The Balaban J connectivity index is 2.01. The van der Waals surface area contributed by atoms with Gasteiger partial charge in [0.25, 0.3) is 0 Å². The van der Waals surface area contributed by atoms with E-state index in [0.717, 1.165) is 38.3 Å². The van der Waals surface area contributed by atoms with Crippen LogP contribution < -0.4 is 4.90 Å². The van der Waals surface area contributed by atoms with Gasteiger partial charge in [-0.25, -0.2) is 0 Å². The molecule has 1 aliphatic heterocycles. The van der Waals surface area contributed by atoms with Gasteiger partial charge in [0, 0.05) is 31.2 Å². The SMILES string of the molecule is CCOC(=O)CN1CCCN(c2ccc(Cl)cc2C#N)CC1. The number of carbonyl (C=O) groups excluding carboxylic acids is 1. The highest BCUT2D eigenvalue weighted by atomic mass is 35.5. The van der Waals surface area contributed by atoms with Gasteiger partial charge in [-0.2, -0.15) is 5.26 Å². The highest BCUT2D eigenvalue weighted by Gasteiger charge is 2.19. The highest BCUT2D eigenvalue weighted by molar-refractivity contribution is 6.30. The molecule has 1 saturated heterocycles. The molecule has 0 bridgehead atoms. The van der Waals surface area contributed by atoms with Gasteiger partial charge < -0.3 is 9.64 Å². The Kier molecular flexibility index (Phi) is 6.05. The maximum absolute atomic E-state index is 11.6. The van der Waals surface area contributed by atoms with Crippen LogP contribution in [0.1, 0.15) is 18.9 Å². The smallest absolute Gasteiger partial charge is 0.320 e. The van der Waals surface area contributed by atoms with Crippen molar-refractivity contribution in [3.05, 3.63) is 28.8 Å². The van der Waals surface area contributed by atoms with Crippen LogP contribution in [0.3, 0.4) is 0 Å². The number of rotatable bonds is 4. The minimum absolute atomic E-state index is 0.180. The van der Waals surface area contributed by atoms with E-state index < -0.39 is 0 Å². The number of nitriles is 1. The zero-order valence-electron chi connectivity index (χ0n) is 12.7. The molecule has 0 unspecified atom stereocenters. The maximum Gasteiger partial charge on any atom is 0.320 e. The van der Waals surface area contributed by atoms with Crippen molar-refractivity contribution in [2.75, 3.05) is 44.2 Å². The molecule has 6 heteroatoms. The summed E-state index contributed by atoms with van der Waals surface area (Å²) in [5, 5.41) is 9.84. The molecule has 118 valence electrons. The molecule has 1 aromatic rings. The van der Waals surface area contributed by atoms with Gasteiger partial charge >= 0.3 is 5.97 Å². The number of benzene rings is 1. The van der Waals surface area contributed by atoms with Crippen LogP contribution in [0.2, 0.25) is 5.02 Å². The Hall–Kier alpha value is -1.77. The molecule has 0 amide bonds. The number of hydrogen-bond donors (Lipinski definition) is 0. The standard InChI is InChI=1S/C16H20ClN3O2/c1-2-22-16(21)12-19-6-3-7-20(9-8-19)15-5-4-14(17)10-13(15)11-18/h4-5,10H,2-3,6-9,12H2,1H3. The van der Waals surface area contributed by atoms with Gasteiger partial charge in [0.05, 0.1) is 24.4 Å². The lowest BCUT2D eigenvalue weighted by Gasteiger charge is -2.24. The minimum atomic E-state index is -0.180. The number of carbonyl (C=O) groups is 1. The Morgan fingerprint density at radius 1 is 1.36 bits per heavy atom. The molecule has 1 heterocycles. The fraction of sp³-hybridized carbons (Fsp3) is 0.500. The number of hydrogen-bond acceptors (Lipinski definition) is 5. The topological polar surface area (TPSA) is 56.6 Å². The predicted molar refractivity (Wildman–Crippen MR) is 86.1 cm³/mol. The van der Waals surface area contributed by atoms with Crippen LogP contribution in [0.4, 0.5) is 5.69 Å². The van der Waals surface area contributed by atoms with E-state index >= 15 is 0 Å². The maximum atomic E-state index is 11.6. The number of nitrogens with zero attached hydrogens (tertiary/aromatic N) is 3. The van der Waals surface area contributed by atoms with E-state index in [2.05, 4.69) is 15.9 Å². The molecule has 0 aromatic heterocycles. The second-order valence-corrected chi connectivity index (χ2v) is 5.63. The van der Waals surface area contributed by atoms with Crippen LogP contribution in [-0.2, 0) is 9.53 Å². The minimum Gasteiger partial charge on any atom is -0.465 e. The zero-order chi connectivity index (χ0) is 15.9. The monoisotopic (exact) mass is 321 g/mol. The van der Waals surface area contributed by atoms with Gasteiger partial charge in [-0.05, 0) is 31.5 Å². The van der Waals surface area contributed by atoms with E-state index in [-0.39, 0.29) is 5.97 Å². The second kappa shape index (κ2) is 8.02. The van der Waals surface area contributed by atoms with E-state index in [9.17, 15) is 10.1 Å². The molecular weight excluding hydrogens is 302 g/mol. The summed E-state index contributed by atoms with van der Waals surface area (Å²) in [5.74, 6) is -0.180. The normalized spacial score (nSPS) is 16.0. The van der Waals surface area contributed by atoms with Crippen molar-refractivity contribution in [1.82, 2.24) is 4.90 Å². The van der Waals surface area contributed by atoms with Gasteiger partial charge in [0.1, 0.15) is 6.07 Å². The second-order valence-electron chi connectivity index (χ2n) is 5.20. The summed E-state index contributed by atoms with van der Waals surface area (Å²) in [6.45, 7) is 5.80. The van der Waals surface area contributed by atoms with Crippen LogP contribution in [0.15, 0.2) is 18.2 Å². The summed E-state index contributed by atoms with van der Waals surface area (Å²) in [7, 11) is 0. The third kappa shape index (κ3) is 4.36. The molecule has 1 fully saturated rings. The van der Waals surface area contributed by atoms with E-state index in [1.807, 2.05) is 13.0 Å². The lowest BCUT2D eigenvalue weighted by atomic mass is 10.1. The van der Waals surface area contributed by atoms with E-state index in [1.54, 1.807) is 12.1 Å². The molecule has 2 rings (SSSR count). The van der Waals surface area contributed by atoms with Crippen molar-refractivity contribution in [3.63, 3.8) is 0 Å². The Bertz CT molecular complexity index is 571. The first-order valence-corrected chi connectivity index (χ1v) is 7.84. The highest BCUT2D eigenvalue weighted by Crippen LogP contribution is 2.24. The van der Waals surface area contributed by atoms with Crippen molar-refractivity contribution in [2.45, 2.75) is 13.3 Å². The molecule has 0 N–H and O–H groups in total. The molecule has 22 heavy (non-hydrogen) atoms. The van der Waals surface area contributed by atoms with Gasteiger partial charge in [-0.1, -0.05) is 11.6 Å². The number of esters is 1. The summed E-state index contributed by atoms with van der Waals surface area (Å²) < 4.78 is 4.99. The summed E-state index contributed by atoms with van der Waals surface area (Å²) in [4.78, 5) is 15.9. The van der Waals surface area contributed by atoms with Crippen LogP contribution in [-0.4, -0.2) is 50.2 Å². The predicted octanol–water partition coefficient (Wildman–Crippen LogP) is 2.29. The summed E-state index contributed by atoms with van der Waals surface area (Å²) in [6, 6.07) is 7.59. The fourth-order valence-electron chi connectivity index (χ4n) is 2.63. The summed E-state index contributed by atoms with van der Waals surface area (Å²) in [5.41, 5.74) is 1.50. The van der Waals surface area contributed by atoms with Crippen molar-refractivity contribution in [3.8, 4) is 6.07 Å². The fourth-order valence-corrected chi connectivity index (χ4v) is 2.80. The number of halogens is 1. The Morgan fingerprint density at radius 3 is 2.91 bits per heavy atom. The molecule has 0 spiro atoms. The molecular formula is C16H20ClN3O2. The van der Waals surface area contributed by atoms with Crippen molar-refractivity contribution >= 4 is 23.3 Å². The number of anilines is 1. The largest absolute Gasteiger partial charge is 0.465 e. The van der Waals surface area contributed by atoms with E-state index in [0.29, 0.717) is 23.7 Å². The lowest BCUT2D eigenvalue weighted by molar-refractivity contribution is -0.144. The third-order valence-electron chi connectivity index (χ3n) is 3.67. The molecule has 0 radical (unpaired) electrons. The zero-order valence-corrected chi connectivity index (χ0v) is 13.5. The van der Waals surface area contributed by atoms with Crippen LogP contribution in [0.5, 0.6) is 0 Å². The molecule has 0 atom stereocenters. The number of ether oxygens (including phenoxy) is 1. The van der Waals surface area contributed by atoms with E-state index in [1.165, 1.54) is 0 Å². The third-order valence-corrected chi connectivity index (χ3v) is 3.90. The first-order valence-electron chi connectivity index (χ1n) is 7.46. The van der Waals surface area contributed by atoms with Crippen LogP contribution in [0, 0.1) is 11.3 Å². The average molecular weight is 322 g/mol. The molecule has 1 aromatic carbocycles. The van der Waals surface area contributed by atoms with E-state index in [4.69, 9.17) is 16.3 Å². The van der Waals surface area contributed by atoms with Gasteiger partial charge in [0.2, 0.25) is 0 Å². The molecule has 0 saturated carbocycles. The van der Waals surface area contributed by atoms with Crippen molar-refractivity contribution in [2.24, 2.45) is 0 Å². The van der Waals surface area contributed by atoms with Crippen LogP contribution >= 0.6 is 11.6 Å². The first-order chi connectivity index (χ1) is 10.6. The molecule has 1 aliphatic rings. The summed E-state index contributed by atoms with van der Waals surface area (Å²) in [6.07, 6.45) is 0.937. The van der Waals surface area contributed by atoms with Crippen LogP contribution in [0.25, 0.3) is 0 Å². The van der Waals surface area contributed by atoms with Crippen molar-refractivity contribution < 1.29 is 9.53 Å². The van der Waals surface area contributed by atoms with Crippen molar-refractivity contribution in [1.29, 1.82) is 5.26 Å². The first kappa shape index (κ1) is 16.6.